The quantitative estimate of drug-likeness (QED) is 0.116. The van der Waals surface area contributed by atoms with Gasteiger partial charge in [0.2, 0.25) is 0 Å². The van der Waals surface area contributed by atoms with Crippen molar-refractivity contribution in [1.82, 2.24) is 31.6 Å². The Morgan fingerprint density at radius 3 is 2.51 bits per heavy atom. The monoisotopic (exact) mass is 875 g/mol. The minimum atomic E-state index is -0.758. The van der Waals surface area contributed by atoms with Crippen LogP contribution >= 0.6 is 11.3 Å². The predicted octanol–water partition coefficient (Wildman–Crippen LogP) is 1.94. The van der Waals surface area contributed by atoms with E-state index in [9.17, 15) is 19.5 Å². The first-order valence-corrected chi connectivity index (χ1v) is 21.6. The van der Waals surface area contributed by atoms with Gasteiger partial charge < -0.3 is 5.73 Å². The fraction of sp³-hybridized carbons (Fsp3) is 0.390. The summed E-state index contributed by atoms with van der Waals surface area (Å²) < 4.78 is 7.91. The normalized spacial score (nSPS) is 19.9. The number of β-amino-alcohol motifs (C(OH)–C–C–N with tert-alkyl or cyclic N) is 1. The summed E-state index contributed by atoms with van der Waals surface area (Å²) in [6, 6.07) is 20.7. The van der Waals surface area contributed by atoms with Crippen LogP contribution < -0.4 is 36.3 Å². The number of rotatable bonds is 11. The van der Waals surface area contributed by atoms with Crippen molar-refractivity contribution in [3.63, 3.8) is 0 Å². The van der Waals surface area contributed by atoms with Crippen molar-refractivity contribution in [2.45, 2.75) is 77.6 Å². The first kappa shape index (κ1) is 39.0. The number of nitrogens with zero attached hydrogens (tertiary/aromatic N) is 5. The molecule has 4 heterocycles. The van der Waals surface area contributed by atoms with Crippen LogP contribution in [0.4, 0.5) is 0 Å². The number of hydrogen-bond donors (Lipinski definition) is 4. The maximum atomic E-state index is 14.3. The third kappa shape index (κ3) is 8.78. The van der Waals surface area contributed by atoms with Gasteiger partial charge in [-0.2, -0.15) is 0 Å². The van der Waals surface area contributed by atoms with Crippen molar-refractivity contribution in [3.05, 3.63) is 101 Å². The number of amides is 3. The number of primary amides is 1. The Kier molecular flexibility index (Phi) is 11.7. The van der Waals surface area contributed by atoms with Gasteiger partial charge in [0.05, 0.1) is 16.1 Å². The Morgan fingerprint density at radius 2 is 1.82 bits per heavy atom. The van der Waals surface area contributed by atoms with Gasteiger partial charge in [-0.1, -0.05) is 0 Å². The summed E-state index contributed by atoms with van der Waals surface area (Å²) in [5.41, 5.74) is 13.2. The Morgan fingerprint density at radius 1 is 1.05 bits per heavy atom. The molecule has 3 aromatic carbocycles. The fourth-order valence-corrected chi connectivity index (χ4v) is 11.3. The molecule has 0 radical (unpaired) electrons. The van der Waals surface area contributed by atoms with Crippen molar-refractivity contribution in [2.24, 2.45) is 11.1 Å². The molecule has 290 valence electrons. The second-order valence-corrected chi connectivity index (χ2v) is 18.9. The van der Waals surface area contributed by atoms with Gasteiger partial charge in [0.15, 0.2) is 0 Å². The molecule has 2 aliphatic heterocycles. The van der Waals surface area contributed by atoms with Crippen LogP contribution in [0.2, 0.25) is 0 Å². The molecule has 55 heavy (non-hydrogen) atoms. The number of carbonyl (C=O) groups excluding carboxylic acids is 3. The van der Waals surface area contributed by atoms with Crippen LogP contribution in [-0.2, 0) is 16.1 Å². The molecule has 0 saturated carbocycles. The van der Waals surface area contributed by atoms with Crippen LogP contribution in [0.15, 0.2) is 78.4 Å². The van der Waals surface area contributed by atoms with E-state index in [1.165, 1.54) is 5.56 Å². The fourth-order valence-electron chi connectivity index (χ4n) is 7.39. The van der Waals surface area contributed by atoms with Crippen LogP contribution in [0, 0.1) is 12.3 Å². The van der Waals surface area contributed by atoms with Gasteiger partial charge in [0.25, 0.3) is 0 Å². The zero-order chi connectivity index (χ0) is 38.9. The van der Waals surface area contributed by atoms with Gasteiger partial charge in [-0.05, 0) is 6.92 Å². The van der Waals surface area contributed by atoms with Gasteiger partial charge in [0.1, 0.15) is 0 Å². The number of nitrogens with one attached hydrogen (secondary N) is 2. The molecule has 12 nitrogen and oxygen atoms in total. The maximum absolute atomic E-state index is 14.3. The van der Waals surface area contributed by atoms with Crippen molar-refractivity contribution >= 4 is 40.0 Å². The minimum absolute atomic E-state index is 0.134. The molecule has 2 aromatic heterocycles. The molecule has 2 saturated heterocycles. The van der Waals surface area contributed by atoms with Crippen molar-refractivity contribution < 1.29 is 41.2 Å². The second-order valence-electron chi connectivity index (χ2n) is 15.6. The number of hydrogen-bond acceptors (Lipinski definition) is 9. The summed E-state index contributed by atoms with van der Waals surface area (Å²) in [7, 11) is 0. The SMILES string of the molecule is Cc1ncsc1-c1ccc(CNC(=O)C2C[C@@H](O)CN2C(=O)[C@@H](N[I-]N2CCC[C@@H](c3ccc(-n4cc5cccc(C(N)=O)c5n4)cc3)C2)C(C)(C)C)cc1. The van der Waals surface area contributed by atoms with E-state index in [1.54, 1.807) is 27.0 Å². The van der Waals surface area contributed by atoms with Gasteiger partial charge in [-0.3, -0.25) is 4.79 Å². The molecule has 7 rings (SSSR count). The molecule has 5 aromatic rings. The summed E-state index contributed by atoms with van der Waals surface area (Å²) in [4.78, 5) is 46.8. The van der Waals surface area contributed by atoms with E-state index in [0.717, 1.165) is 58.7 Å². The third-order valence-electron chi connectivity index (χ3n) is 10.5. The molecular weight excluding hydrogens is 827 g/mol. The first-order chi connectivity index (χ1) is 26.4. The molecule has 0 spiro atoms. The number of thiazole rings is 1. The average molecular weight is 876 g/mol. The molecule has 5 N–H and O–H groups in total. The molecule has 14 heteroatoms. The standard InChI is InChI=1S/C41H48IN8O4S/c1-25-36(55-24-45-25)28-12-10-26(11-13-28)20-44-39(53)34-19-32(51)23-49(34)40(54)37(41(2,3)4)46-42-48-18-6-8-29(21-48)27-14-16-31(17-15-27)50-22-30-7-5-9-33(38(43)52)35(30)47-50/h5,7,9-17,22,24,29,32,34,37,46,51H,6,8,18-21,23H2,1-4H3,(H2,43,52)(H,44,53)/q-1/t29-,32-,34?,37-/m1/s1. The number of fused-ring (bicyclic) bond motifs is 1. The van der Waals surface area contributed by atoms with Gasteiger partial charge in [0, 0.05) is 0 Å². The number of benzene rings is 3. The Labute approximate surface area is 336 Å². The van der Waals surface area contributed by atoms with E-state index in [1.807, 2.05) is 75.8 Å². The summed E-state index contributed by atoms with van der Waals surface area (Å²) in [6.45, 7) is 10.4. The van der Waals surface area contributed by atoms with Crippen LogP contribution in [0.3, 0.4) is 0 Å². The van der Waals surface area contributed by atoms with Crippen molar-refractivity contribution in [3.8, 4) is 16.1 Å². The van der Waals surface area contributed by atoms with E-state index in [2.05, 4.69) is 46.3 Å². The molecule has 0 bridgehead atoms. The Hall–Kier alpha value is -4.22. The van der Waals surface area contributed by atoms with Crippen LogP contribution in [-0.4, -0.2) is 83.4 Å². The van der Waals surface area contributed by atoms with E-state index in [4.69, 9.17) is 5.73 Å². The summed E-state index contributed by atoms with van der Waals surface area (Å²) >= 11 is 0.886. The zero-order valence-electron chi connectivity index (χ0n) is 31.5. The molecule has 1 unspecified atom stereocenters. The van der Waals surface area contributed by atoms with Crippen molar-refractivity contribution in [2.75, 3.05) is 19.6 Å². The van der Waals surface area contributed by atoms with E-state index in [0.29, 0.717) is 23.5 Å². The van der Waals surface area contributed by atoms with Gasteiger partial charge >= 0.3 is 288 Å². The number of piperidine rings is 1. The van der Waals surface area contributed by atoms with Gasteiger partial charge in [-0.25, -0.2) is 4.98 Å². The molecule has 2 aliphatic rings. The van der Waals surface area contributed by atoms with E-state index >= 15 is 0 Å². The van der Waals surface area contributed by atoms with Gasteiger partial charge in [-0.15, -0.1) is 11.3 Å². The molecule has 2 fully saturated rings. The Bertz CT molecular complexity index is 2160. The molecule has 4 atom stereocenters. The van der Waals surface area contributed by atoms with Crippen LogP contribution in [0.25, 0.3) is 27.0 Å². The van der Waals surface area contributed by atoms with E-state index < -0.39 is 51.3 Å². The molecule has 3 amide bonds. The molecular formula is C41H48IN8O4S-. The van der Waals surface area contributed by atoms with Crippen molar-refractivity contribution in [1.29, 1.82) is 0 Å². The van der Waals surface area contributed by atoms with Crippen LogP contribution in [0.1, 0.15) is 73.1 Å². The first-order valence-electron chi connectivity index (χ1n) is 18.6. The molecule has 0 aliphatic carbocycles. The number of nitrogens with two attached hydrogens (primary N) is 1. The van der Waals surface area contributed by atoms with E-state index in [-0.39, 0.29) is 24.8 Å². The number of aromatic nitrogens is 3. The number of carbonyl (C=O) groups is 3. The average Bonchev–Trinajstić information content (AvgIpc) is 3.91. The third-order valence-corrected chi connectivity index (χ3v) is 13.9. The number of halogens is 1. The number of aliphatic hydroxyl groups excluding tert-OH is 1. The topological polar surface area (TPSA) is 159 Å². The number of aliphatic hydroxyl groups is 1. The number of aryl methyl sites for hydroxylation is 1. The summed E-state index contributed by atoms with van der Waals surface area (Å²) in [5.74, 6) is -0.550. The van der Waals surface area contributed by atoms with Crippen LogP contribution in [0.5, 0.6) is 0 Å². The Balaban J connectivity index is 0.962. The predicted molar refractivity (Wildman–Crippen MR) is 210 cm³/mol. The second kappa shape index (κ2) is 16.5. The summed E-state index contributed by atoms with van der Waals surface area (Å²) in [6.07, 6.45) is 3.49. The summed E-state index contributed by atoms with van der Waals surface area (Å²) in [5, 5.41) is 19.2. The zero-order valence-corrected chi connectivity index (χ0v) is 34.5. The number of likely N-dealkylation sites (tertiary alicyclic amines) is 1.